The number of rotatable bonds is 5. The van der Waals surface area contributed by atoms with Crippen LogP contribution in [0.4, 0.5) is 0 Å². The molecule has 0 unspecified atom stereocenters. The van der Waals surface area contributed by atoms with Crippen molar-refractivity contribution in [1.82, 2.24) is 18.8 Å². The zero-order valence-corrected chi connectivity index (χ0v) is 18.5. The number of carbonyl (C=O) groups is 1. The number of hydrogen-bond donors (Lipinski definition) is 1. The number of likely N-dealkylation sites (tertiary alicyclic amines) is 1. The Bertz CT molecular complexity index is 1090. The molecule has 1 saturated heterocycles. The predicted molar refractivity (Wildman–Crippen MR) is 116 cm³/mol. The molecule has 30 heavy (non-hydrogen) atoms. The third-order valence-corrected chi connectivity index (χ3v) is 8.63. The lowest BCUT2D eigenvalue weighted by Crippen LogP contribution is -2.47. The Hall–Kier alpha value is -2.13. The van der Waals surface area contributed by atoms with Gasteiger partial charge in [-0.1, -0.05) is 12.8 Å². The Morgan fingerprint density at radius 3 is 2.47 bits per heavy atom. The Kier molecular flexibility index (Phi) is 5.76. The summed E-state index contributed by atoms with van der Waals surface area (Å²) < 4.78 is 27.5. The highest BCUT2D eigenvalue weighted by atomic mass is 32.2. The van der Waals surface area contributed by atoms with Gasteiger partial charge in [0.15, 0.2) is 0 Å². The van der Waals surface area contributed by atoms with Gasteiger partial charge in [-0.3, -0.25) is 9.36 Å². The number of H-pyrrole nitrogens is 1. The highest BCUT2D eigenvalue weighted by molar-refractivity contribution is 7.89. The van der Waals surface area contributed by atoms with Crippen molar-refractivity contribution in [3.05, 3.63) is 34.2 Å². The summed E-state index contributed by atoms with van der Waals surface area (Å²) in [6.45, 7) is 2.68. The first-order valence-electron chi connectivity index (χ1n) is 10.8. The van der Waals surface area contributed by atoms with Crippen LogP contribution in [-0.2, 0) is 10.0 Å². The van der Waals surface area contributed by atoms with Crippen LogP contribution in [0.15, 0.2) is 23.0 Å². The van der Waals surface area contributed by atoms with Crippen molar-refractivity contribution in [3.8, 4) is 0 Å². The van der Waals surface area contributed by atoms with E-state index < -0.39 is 10.0 Å². The molecule has 2 aromatic rings. The molecule has 2 aliphatic rings. The molecular formula is C21H30N4O4S. The zero-order valence-electron chi connectivity index (χ0n) is 17.6. The van der Waals surface area contributed by atoms with Crippen molar-refractivity contribution in [1.29, 1.82) is 0 Å². The molecule has 1 aliphatic heterocycles. The van der Waals surface area contributed by atoms with Crippen molar-refractivity contribution in [3.63, 3.8) is 0 Å². The van der Waals surface area contributed by atoms with Gasteiger partial charge in [-0.05, 0) is 50.8 Å². The number of carbonyl (C=O) groups excluding carboxylic acids is 1. The number of amides is 1. The van der Waals surface area contributed by atoms with Gasteiger partial charge in [0.25, 0.3) is 5.91 Å². The number of fused-ring (bicyclic) bond motifs is 1. The van der Waals surface area contributed by atoms with Crippen LogP contribution in [-0.4, -0.2) is 65.0 Å². The minimum Gasteiger partial charge on any atom is -0.339 e. The molecule has 1 saturated carbocycles. The summed E-state index contributed by atoms with van der Waals surface area (Å²) in [5.74, 6) is 0.00674. The standard InChI is InChI=1S/C21H30N4O4S/c1-3-30(28,29)23(2)16-10-12-24(13-11-16)20(26)15-8-9-19-18(14-15)22-21(27)25(19)17-6-4-5-7-17/h8-9,14,16-17H,3-7,10-13H2,1-2H3,(H,22,27). The number of aromatic amines is 1. The highest BCUT2D eigenvalue weighted by Crippen LogP contribution is 2.31. The third kappa shape index (κ3) is 3.80. The summed E-state index contributed by atoms with van der Waals surface area (Å²) in [4.78, 5) is 30.2. The molecule has 0 spiro atoms. The summed E-state index contributed by atoms with van der Waals surface area (Å²) in [6, 6.07) is 5.60. The molecule has 9 heteroatoms. The van der Waals surface area contributed by atoms with Gasteiger partial charge in [0, 0.05) is 37.8 Å². The van der Waals surface area contributed by atoms with Gasteiger partial charge < -0.3 is 9.88 Å². The van der Waals surface area contributed by atoms with Gasteiger partial charge in [0.1, 0.15) is 0 Å². The van der Waals surface area contributed by atoms with Crippen molar-refractivity contribution in [2.75, 3.05) is 25.9 Å². The van der Waals surface area contributed by atoms with E-state index in [4.69, 9.17) is 0 Å². The smallest absolute Gasteiger partial charge is 0.326 e. The number of nitrogens with one attached hydrogen (secondary N) is 1. The molecule has 1 aromatic heterocycles. The Morgan fingerprint density at radius 1 is 1.17 bits per heavy atom. The summed E-state index contributed by atoms with van der Waals surface area (Å²) in [5, 5.41) is 0. The molecule has 4 rings (SSSR count). The maximum Gasteiger partial charge on any atom is 0.326 e. The molecule has 8 nitrogen and oxygen atoms in total. The van der Waals surface area contributed by atoms with E-state index in [9.17, 15) is 18.0 Å². The van der Waals surface area contributed by atoms with Crippen LogP contribution in [0.1, 0.15) is 61.8 Å². The summed E-state index contributed by atoms with van der Waals surface area (Å²) >= 11 is 0. The fourth-order valence-electron chi connectivity index (χ4n) is 4.83. The number of benzene rings is 1. The summed E-state index contributed by atoms with van der Waals surface area (Å²) in [7, 11) is -1.60. The maximum absolute atomic E-state index is 13.0. The van der Waals surface area contributed by atoms with Crippen molar-refractivity contribution in [2.45, 2.75) is 57.5 Å². The second-order valence-electron chi connectivity index (χ2n) is 8.41. The van der Waals surface area contributed by atoms with Crippen LogP contribution >= 0.6 is 0 Å². The SMILES string of the molecule is CCS(=O)(=O)N(C)C1CCN(C(=O)c2ccc3c(c2)[nH]c(=O)n3C2CCCC2)CC1. The predicted octanol–water partition coefficient (Wildman–Crippen LogP) is 2.33. The number of piperidine rings is 1. The van der Waals surface area contributed by atoms with Crippen molar-refractivity contribution in [2.24, 2.45) is 0 Å². The zero-order chi connectivity index (χ0) is 21.5. The fourth-order valence-corrected chi connectivity index (χ4v) is 5.91. The van der Waals surface area contributed by atoms with Crippen LogP contribution in [0, 0.1) is 0 Å². The number of aromatic nitrogens is 2. The van der Waals surface area contributed by atoms with E-state index in [-0.39, 0.29) is 29.4 Å². The van der Waals surface area contributed by atoms with Crippen LogP contribution in [0.3, 0.4) is 0 Å². The molecule has 2 fully saturated rings. The minimum absolute atomic E-state index is 0.0710. The molecule has 0 bridgehead atoms. The number of hydrogen-bond acceptors (Lipinski definition) is 4. The fraction of sp³-hybridized carbons (Fsp3) is 0.619. The topological polar surface area (TPSA) is 95.5 Å². The summed E-state index contributed by atoms with van der Waals surface area (Å²) in [5.41, 5.74) is 1.99. The second-order valence-corrected chi connectivity index (χ2v) is 10.7. The molecule has 1 amide bonds. The van der Waals surface area contributed by atoms with Gasteiger partial charge in [-0.2, -0.15) is 0 Å². The number of imidazole rings is 1. The number of nitrogens with zero attached hydrogens (tertiary/aromatic N) is 3. The minimum atomic E-state index is -3.23. The molecule has 164 valence electrons. The van der Waals surface area contributed by atoms with E-state index in [1.165, 1.54) is 4.31 Å². The van der Waals surface area contributed by atoms with Crippen LogP contribution < -0.4 is 5.69 Å². The van der Waals surface area contributed by atoms with Gasteiger partial charge in [0.05, 0.1) is 16.8 Å². The lowest BCUT2D eigenvalue weighted by molar-refractivity contribution is 0.0686. The molecule has 2 heterocycles. The molecule has 1 aromatic carbocycles. The van der Waals surface area contributed by atoms with Gasteiger partial charge in [-0.15, -0.1) is 0 Å². The lowest BCUT2D eigenvalue weighted by atomic mass is 10.0. The Morgan fingerprint density at radius 2 is 1.83 bits per heavy atom. The maximum atomic E-state index is 13.0. The van der Waals surface area contributed by atoms with E-state index in [2.05, 4.69) is 4.98 Å². The normalized spacial score (nSPS) is 19.2. The Labute approximate surface area is 176 Å². The van der Waals surface area contributed by atoms with E-state index in [0.717, 1.165) is 31.2 Å². The number of sulfonamides is 1. The van der Waals surface area contributed by atoms with Crippen LogP contribution in [0.2, 0.25) is 0 Å². The quantitative estimate of drug-likeness (QED) is 0.781. The average Bonchev–Trinajstić information content (AvgIpc) is 3.38. The first-order valence-corrected chi connectivity index (χ1v) is 12.4. The van der Waals surface area contributed by atoms with Crippen LogP contribution in [0.25, 0.3) is 11.0 Å². The third-order valence-electron chi connectivity index (χ3n) is 6.72. The van der Waals surface area contributed by atoms with E-state index in [0.29, 0.717) is 37.0 Å². The monoisotopic (exact) mass is 434 g/mol. The Balaban J connectivity index is 1.48. The molecule has 0 radical (unpaired) electrons. The summed E-state index contributed by atoms with van der Waals surface area (Å²) in [6.07, 6.45) is 5.57. The highest BCUT2D eigenvalue weighted by Gasteiger charge is 2.30. The molecule has 1 N–H and O–H groups in total. The van der Waals surface area contributed by atoms with Gasteiger partial charge in [0.2, 0.25) is 10.0 Å². The van der Waals surface area contributed by atoms with Crippen molar-refractivity contribution < 1.29 is 13.2 Å². The lowest BCUT2D eigenvalue weighted by Gasteiger charge is -2.36. The first-order chi connectivity index (χ1) is 14.3. The second kappa shape index (κ2) is 8.19. The van der Waals surface area contributed by atoms with E-state index in [1.54, 1.807) is 31.0 Å². The first kappa shape index (κ1) is 21.1. The van der Waals surface area contributed by atoms with Crippen molar-refractivity contribution >= 4 is 27.0 Å². The largest absolute Gasteiger partial charge is 0.339 e. The average molecular weight is 435 g/mol. The van der Waals surface area contributed by atoms with E-state index in [1.807, 2.05) is 10.6 Å². The molecule has 0 atom stereocenters. The molecular weight excluding hydrogens is 404 g/mol. The van der Waals surface area contributed by atoms with Gasteiger partial charge in [-0.25, -0.2) is 17.5 Å². The van der Waals surface area contributed by atoms with Crippen LogP contribution in [0.5, 0.6) is 0 Å². The molecule has 1 aliphatic carbocycles. The van der Waals surface area contributed by atoms with Gasteiger partial charge >= 0.3 is 5.69 Å². The van der Waals surface area contributed by atoms with E-state index >= 15 is 0 Å².